The summed E-state index contributed by atoms with van der Waals surface area (Å²) in [4.78, 5) is 9.79. The van der Waals surface area contributed by atoms with Crippen molar-refractivity contribution in [2.24, 2.45) is 5.18 Å². The summed E-state index contributed by atoms with van der Waals surface area (Å²) in [7, 11) is 0. The first-order chi connectivity index (χ1) is 3.93. The third kappa shape index (κ3) is 0.983. The molecule has 1 aliphatic carbocycles. The standard InChI is InChI=1S/C6H6NO/c8-7-6-4-2-1-3-5-6/h1-3,6H,4H2/q+1. The zero-order valence-corrected chi connectivity index (χ0v) is 4.37. The van der Waals surface area contributed by atoms with Gasteiger partial charge in [-0.15, -0.1) is 4.91 Å². The van der Waals surface area contributed by atoms with Crippen LogP contribution in [-0.2, 0) is 0 Å². The molecule has 40 valence electrons. The van der Waals surface area contributed by atoms with Gasteiger partial charge in [0.15, 0.2) is 6.08 Å². The van der Waals surface area contributed by atoms with Crippen LogP contribution in [0.3, 0.4) is 0 Å². The molecule has 0 aromatic carbocycles. The van der Waals surface area contributed by atoms with Crippen molar-refractivity contribution in [3.05, 3.63) is 29.2 Å². The lowest BCUT2D eigenvalue weighted by molar-refractivity contribution is 0.799. The van der Waals surface area contributed by atoms with Gasteiger partial charge in [0, 0.05) is 12.5 Å². The van der Waals surface area contributed by atoms with Gasteiger partial charge in [-0.25, -0.2) is 0 Å². The molecule has 0 spiro atoms. The average molecular weight is 108 g/mol. The molecule has 0 saturated heterocycles. The Hall–Kier alpha value is -1.01. The van der Waals surface area contributed by atoms with E-state index in [-0.39, 0.29) is 6.04 Å². The normalized spacial score (nSPS) is 24.8. The summed E-state index contributed by atoms with van der Waals surface area (Å²) in [5.74, 6) is 0. The Balaban J connectivity index is 2.51. The van der Waals surface area contributed by atoms with Crippen molar-refractivity contribution in [3.63, 3.8) is 0 Å². The van der Waals surface area contributed by atoms with Crippen molar-refractivity contribution >= 4 is 0 Å². The van der Waals surface area contributed by atoms with E-state index in [0.717, 1.165) is 0 Å². The van der Waals surface area contributed by atoms with Gasteiger partial charge in [-0.2, -0.15) is 0 Å². The maximum Gasteiger partial charge on any atom is 0.231 e. The van der Waals surface area contributed by atoms with E-state index in [9.17, 15) is 4.91 Å². The number of allylic oxidation sites excluding steroid dienone is 2. The second-order valence-electron chi connectivity index (χ2n) is 1.62. The third-order valence-corrected chi connectivity index (χ3v) is 1.01. The van der Waals surface area contributed by atoms with Crippen LogP contribution in [0, 0.1) is 11.0 Å². The van der Waals surface area contributed by atoms with Crippen molar-refractivity contribution in [2.45, 2.75) is 12.5 Å². The van der Waals surface area contributed by atoms with Crippen molar-refractivity contribution in [2.75, 3.05) is 0 Å². The van der Waals surface area contributed by atoms with Gasteiger partial charge in [-0.3, -0.25) is 0 Å². The van der Waals surface area contributed by atoms with Crippen LogP contribution in [0.5, 0.6) is 0 Å². The Morgan fingerprint density at radius 3 is 3.00 bits per heavy atom. The van der Waals surface area contributed by atoms with Crippen LogP contribution < -0.4 is 0 Å². The van der Waals surface area contributed by atoms with Crippen molar-refractivity contribution in [3.8, 4) is 0 Å². The molecule has 0 aromatic rings. The smallest absolute Gasteiger partial charge is 0.147 e. The summed E-state index contributed by atoms with van der Waals surface area (Å²) in [5, 5.41) is 2.80. The molecule has 0 fully saturated rings. The second-order valence-corrected chi connectivity index (χ2v) is 1.62. The zero-order chi connectivity index (χ0) is 5.82. The highest BCUT2D eigenvalue weighted by Gasteiger charge is 2.11. The molecule has 0 N–H and O–H groups in total. The maximum atomic E-state index is 9.79. The third-order valence-electron chi connectivity index (χ3n) is 1.01. The largest absolute Gasteiger partial charge is 0.231 e. The highest BCUT2D eigenvalue weighted by molar-refractivity contribution is 5.08. The molecule has 0 aliphatic heterocycles. The first-order valence-corrected chi connectivity index (χ1v) is 2.50. The van der Waals surface area contributed by atoms with Crippen LogP contribution in [0.25, 0.3) is 0 Å². The molecule has 8 heavy (non-hydrogen) atoms. The fraction of sp³-hybridized carbons (Fsp3) is 0.333. The number of hydrogen-bond donors (Lipinski definition) is 0. The van der Waals surface area contributed by atoms with Crippen LogP contribution in [0.4, 0.5) is 0 Å². The molecule has 0 radical (unpaired) electrons. The predicted octanol–water partition coefficient (Wildman–Crippen LogP) is 1.44. The fourth-order valence-corrected chi connectivity index (χ4v) is 0.584. The molecule has 0 saturated carbocycles. The van der Waals surface area contributed by atoms with E-state index in [1.165, 1.54) is 0 Å². The van der Waals surface area contributed by atoms with E-state index in [1.807, 2.05) is 12.2 Å². The SMILES string of the molecule is O=NC1[C+]=CC=CC1. The molecule has 1 unspecified atom stereocenters. The Morgan fingerprint density at radius 1 is 1.75 bits per heavy atom. The van der Waals surface area contributed by atoms with Gasteiger partial charge < -0.3 is 0 Å². The minimum Gasteiger partial charge on any atom is -0.147 e. The number of hydrogen-bond acceptors (Lipinski definition) is 2. The first kappa shape index (κ1) is 5.13. The maximum absolute atomic E-state index is 9.79. The molecule has 0 heterocycles. The van der Waals surface area contributed by atoms with Crippen LogP contribution in [-0.4, -0.2) is 6.04 Å². The van der Waals surface area contributed by atoms with E-state index in [2.05, 4.69) is 11.3 Å². The van der Waals surface area contributed by atoms with Gasteiger partial charge >= 0.3 is 0 Å². The van der Waals surface area contributed by atoms with Gasteiger partial charge in [0.25, 0.3) is 0 Å². The average Bonchev–Trinajstić information content (AvgIpc) is 1.90. The van der Waals surface area contributed by atoms with Gasteiger partial charge in [0.05, 0.1) is 12.2 Å². The van der Waals surface area contributed by atoms with Crippen LogP contribution >= 0.6 is 0 Å². The van der Waals surface area contributed by atoms with Crippen molar-refractivity contribution in [1.82, 2.24) is 0 Å². The fourth-order valence-electron chi connectivity index (χ4n) is 0.584. The van der Waals surface area contributed by atoms with E-state index >= 15 is 0 Å². The quantitative estimate of drug-likeness (QED) is 0.369. The lowest BCUT2D eigenvalue weighted by Gasteiger charge is -1.89. The van der Waals surface area contributed by atoms with E-state index in [4.69, 9.17) is 0 Å². The first-order valence-electron chi connectivity index (χ1n) is 2.50. The van der Waals surface area contributed by atoms with Gasteiger partial charge in [-0.1, -0.05) is 0 Å². The van der Waals surface area contributed by atoms with Crippen LogP contribution in [0.2, 0.25) is 0 Å². The van der Waals surface area contributed by atoms with Gasteiger partial charge in [-0.05, 0) is 5.18 Å². The molecule has 2 nitrogen and oxygen atoms in total. The molecule has 1 atom stereocenters. The van der Waals surface area contributed by atoms with Crippen LogP contribution in [0.1, 0.15) is 6.42 Å². The highest BCUT2D eigenvalue weighted by atomic mass is 16.3. The summed E-state index contributed by atoms with van der Waals surface area (Å²) in [6, 6.07) is -0.236. The zero-order valence-electron chi connectivity index (χ0n) is 4.37. The van der Waals surface area contributed by atoms with Crippen molar-refractivity contribution < 1.29 is 0 Å². The Morgan fingerprint density at radius 2 is 2.62 bits per heavy atom. The Bertz CT molecular complexity index is 137. The highest BCUT2D eigenvalue weighted by Crippen LogP contribution is 2.04. The lowest BCUT2D eigenvalue weighted by atomic mass is 10.1. The van der Waals surface area contributed by atoms with E-state index in [1.54, 1.807) is 6.08 Å². The number of rotatable bonds is 1. The molecule has 0 amide bonds. The lowest BCUT2D eigenvalue weighted by Crippen LogP contribution is -1.98. The summed E-state index contributed by atoms with van der Waals surface area (Å²) >= 11 is 0. The molecule has 0 bridgehead atoms. The predicted molar refractivity (Wildman–Crippen MR) is 31.2 cm³/mol. The van der Waals surface area contributed by atoms with Crippen molar-refractivity contribution in [1.29, 1.82) is 0 Å². The van der Waals surface area contributed by atoms with E-state index < -0.39 is 0 Å². The molecule has 1 aliphatic rings. The number of nitrogens with zero attached hydrogens (tertiary/aromatic N) is 1. The van der Waals surface area contributed by atoms with Crippen LogP contribution in [0.15, 0.2) is 23.4 Å². The summed E-state index contributed by atoms with van der Waals surface area (Å²) in [5.41, 5.74) is 0. The minimum atomic E-state index is -0.236. The van der Waals surface area contributed by atoms with Gasteiger partial charge in [0.1, 0.15) is 0 Å². The van der Waals surface area contributed by atoms with E-state index in [0.29, 0.717) is 6.42 Å². The Labute approximate surface area is 47.9 Å². The summed E-state index contributed by atoms with van der Waals surface area (Å²) in [6.07, 6.45) is 8.97. The Kier molecular flexibility index (Phi) is 1.50. The second kappa shape index (κ2) is 2.34. The molecule has 0 aromatic heterocycles. The monoisotopic (exact) mass is 108 g/mol. The molecule has 1 rings (SSSR count). The molecule has 2 heteroatoms. The number of nitroso groups, excluding NO2 is 1. The minimum absolute atomic E-state index is 0.236. The summed E-state index contributed by atoms with van der Waals surface area (Å²) < 4.78 is 0. The topological polar surface area (TPSA) is 29.4 Å². The molecular weight excluding hydrogens is 102 g/mol. The van der Waals surface area contributed by atoms with Gasteiger partial charge in [0.2, 0.25) is 6.04 Å². The summed E-state index contributed by atoms with van der Waals surface area (Å²) in [6.45, 7) is 0. The molecular formula is C6H6NO+.